The van der Waals surface area contributed by atoms with Crippen LogP contribution in [0.1, 0.15) is 11.1 Å². The van der Waals surface area contributed by atoms with E-state index in [2.05, 4.69) is 16.0 Å². The van der Waals surface area contributed by atoms with Gasteiger partial charge in [-0.3, -0.25) is 4.79 Å². The van der Waals surface area contributed by atoms with E-state index >= 15 is 0 Å². The number of amides is 3. The largest absolute Gasteiger partial charge is 0.482 e. The number of benzene rings is 3. The van der Waals surface area contributed by atoms with Crippen LogP contribution >= 0.6 is 0 Å². The normalized spacial score (nSPS) is 10.2. The lowest BCUT2D eigenvalue weighted by Crippen LogP contribution is -2.20. The molecule has 0 aliphatic heterocycles. The van der Waals surface area contributed by atoms with E-state index in [1.165, 1.54) is 0 Å². The summed E-state index contributed by atoms with van der Waals surface area (Å²) in [5, 5.41) is 16.9. The van der Waals surface area contributed by atoms with E-state index in [0.717, 1.165) is 16.8 Å². The molecule has 0 heterocycles. The first kappa shape index (κ1) is 22.4. The van der Waals surface area contributed by atoms with Crippen molar-refractivity contribution in [2.24, 2.45) is 0 Å². The van der Waals surface area contributed by atoms with Crippen molar-refractivity contribution in [3.63, 3.8) is 0 Å². The highest BCUT2D eigenvalue weighted by Crippen LogP contribution is 2.17. The molecule has 0 aromatic heterocycles. The van der Waals surface area contributed by atoms with Crippen molar-refractivity contribution in [2.45, 2.75) is 13.3 Å². The molecule has 0 aliphatic carbocycles. The number of hydrogen-bond acceptors (Lipinski definition) is 4. The van der Waals surface area contributed by atoms with E-state index < -0.39 is 12.6 Å². The number of anilines is 3. The van der Waals surface area contributed by atoms with E-state index in [1.807, 2.05) is 31.2 Å². The third-order valence-electron chi connectivity index (χ3n) is 4.47. The molecule has 0 radical (unpaired) electrons. The number of urea groups is 1. The van der Waals surface area contributed by atoms with Gasteiger partial charge in [-0.1, -0.05) is 30.3 Å². The first-order valence-corrected chi connectivity index (χ1v) is 9.86. The molecule has 0 aliphatic rings. The maximum absolute atomic E-state index is 12.3. The van der Waals surface area contributed by atoms with Gasteiger partial charge in [0.15, 0.2) is 6.61 Å². The van der Waals surface area contributed by atoms with Crippen molar-refractivity contribution in [3.8, 4) is 5.75 Å². The van der Waals surface area contributed by atoms with Gasteiger partial charge in [-0.2, -0.15) is 0 Å². The van der Waals surface area contributed by atoms with Gasteiger partial charge in [0.2, 0.25) is 5.91 Å². The summed E-state index contributed by atoms with van der Waals surface area (Å²) >= 11 is 0. The molecule has 164 valence electrons. The third-order valence-corrected chi connectivity index (χ3v) is 4.47. The highest BCUT2D eigenvalue weighted by Gasteiger charge is 2.07. The smallest absolute Gasteiger partial charge is 0.341 e. The standard InChI is InChI=1S/C24H23N3O5/c1-16-4-2-3-5-21(16)27-24(31)26-19-8-6-17(7-9-19)14-22(28)25-18-10-12-20(13-11-18)32-15-23(29)30/h2-13H,14-15H2,1H3,(H,25,28)(H,29,30)(H2,26,27,31). The zero-order valence-corrected chi connectivity index (χ0v) is 17.4. The molecule has 3 aromatic rings. The van der Waals surface area contributed by atoms with Crippen molar-refractivity contribution in [1.29, 1.82) is 0 Å². The summed E-state index contributed by atoms with van der Waals surface area (Å²) in [4.78, 5) is 35.0. The SMILES string of the molecule is Cc1ccccc1NC(=O)Nc1ccc(CC(=O)Nc2ccc(OCC(=O)O)cc2)cc1. The van der Waals surface area contributed by atoms with E-state index in [4.69, 9.17) is 9.84 Å². The van der Waals surface area contributed by atoms with Crippen LogP contribution in [-0.2, 0) is 16.0 Å². The molecule has 8 nitrogen and oxygen atoms in total. The highest BCUT2D eigenvalue weighted by molar-refractivity contribution is 6.00. The van der Waals surface area contributed by atoms with Crippen LogP contribution in [0.2, 0.25) is 0 Å². The summed E-state index contributed by atoms with van der Waals surface area (Å²) in [5.41, 5.74) is 3.67. The minimum absolute atomic E-state index is 0.160. The molecule has 3 rings (SSSR count). The monoisotopic (exact) mass is 433 g/mol. The van der Waals surface area contributed by atoms with Gasteiger partial charge in [-0.05, 0) is 60.5 Å². The Morgan fingerprint density at radius 1 is 0.812 bits per heavy atom. The Hall–Kier alpha value is -4.33. The highest BCUT2D eigenvalue weighted by atomic mass is 16.5. The number of carbonyl (C=O) groups excluding carboxylic acids is 2. The predicted octanol–water partition coefficient (Wildman–Crippen LogP) is 4.28. The molecule has 8 heteroatoms. The van der Waals surface area contributed by atoms with Crippen molar-refractivity contribution in [1.82, 2.24) is 0 Å². The lowest BCUT2D eigenvalue weighted by Gasteiger charge is -2.10. The molecule has 4 N–H and O–H groups in total. The number of carboxylic acids is 1. The quantitative estimate of drug-likeness (QED) is 0.423. The Balaban J connectivity index is 1.48. The number of aryl methyl sites for hydroxylation is 1. The Morgan fingerprint density at radius 2 is 1.44 bits per heavy atom. The fraction of sp³-hybridized carbons (Fsp3) is 0.125. The number of aliphatic carboxylic acids is 1. The van der Waals surface area contributed by atoms with Crippen LogP contribution < -0.4 is 20.7 Å². The zero-order chi connectivity index (χ0) is 22.9. The van der Waals surface area contributed by atoms with Gasteiger partial charge >= 0.3 is 12.0 Å². The minimum atomic E-state index is -1.06. The fourth-order valence-electron chi connectivity index (χ4n) is 2.87. The fourth-order valence-corrected chi connectivity index (χ4v) is 2.87. The van der Waals surface area contributed by atoms with Crippen molar-refractivity contribution in [2.75, 3.05) is 22.6 Å². The van der Waals surface area contributed by atoms with Crippen LogP contribution in [-0.4, -0.2) is 29.6 Å². The molecule has 0 bridgehead atoms. The van der Waals surface area contributed by atoms with Crippen molar-refractivity contribution >= 4 is 35.0 Å². The number of carboxylic acid groups (broad SMARTS) is 1. The molecule has 0 spiro atoms. The van der Waals surface area contributed by atoms with E-state index in [1.54, 1.807) is 48.5 Å². The van der Waals surface area contributed by atoms with Crippen LogP contribution in [0.4, 0.5) is 21.9 Å². The molecular weight excluding hydrogens is 410 g/mol. The molecule has 3 aromatic carbocycles. The zero-order valence-electron chi connectivity index (χ0n) is 17.4. The molecule has 32 heavy (non-hydrogen) atoms. The maximum Gasteiger partial charge on any atom is 0.341 e. The molecule has 0 saturated carbocycles. The van der Waals surface area contributed by atoms with Crippen LogP contribution in [0.3, 0.4) is 0 Å². The predicted molar refractivity (Wildman–Crippen MR) is 122 cm³/mol. The molecule has 0 saturated heterocycles. The number of hydrogen-bond donors (Lipinski definition) is 4. The topological polar surface area (TPSA) is 117 Å². The second kappa shape index (κ2) is 10.6. The average Bonchev–Trinajstić information content (AvgIpc) is 2.76. The minimum Gasteiger partial charge on any atom is -0.482 e. The van der Waals surface area contributed by atoms with E-state index in [-0.39, 0.29) is 18.4 Å². The van der Waals surface area contributed by atoms with Crippen LogP contribution in [0.5, 0.6) is 5.75 Å². The summed E-state index contributed by atoms with van der Waals surface area (Å²) < 4.78 is 5.05. The summed E-state index contributed by atoms with van der Waals surface area (Å²) in [5.74, 6) is -0.863. The first-order chi connectivity index (χ1) is 15.4. The third kappa shape index (κ3) is 6.88. The summed E-state index contributed by atoms with van der Waals surface area (Å²) in [6, 6.07) is 20.6. The molecular formula is C24H23N3O5. The lowest BCUT2D eigenvalue weighted by molar-refractivity contribution is -0.139. The van der Waals surface area contributed by atoms with Crippen LogP contribution in [0.15, 0.2) is 72.8 Å². The van der Waals surface area contributed by atoms with E-state index in [0.29, 0.717) is 17.1 Å². The van der Waals surface area contributed by atoms with Gasteiger partial charge < -0.3 is 25.8 Å². The molecule has 0 unspecified atom stereocenters. The Kier molecular flexibility index (Phi) is 7.42. The van der Waals surface area contributed by atoms with Gasteiger partial charge in [-0.15, -0.1) is 0 Å². The average molecular weight is 433 g/mol. The van der Waals surface area contributed by atoms with Gasteiger partial charge in [0.25, 0.3) is 0 Å². The molecule has 3 amide bonds. The number of para-hydroxylation sites is 1. The second-order valence-corrected chi connectivity index (χ2v) is 7.02. The van der Waals surface area contributed by atoms with Crippen molar-refractivity contribution in [3.05, 3.63) is 83.9 Å². The second-order valence-electron chi connectivity index (χ2n) is 7.02. The summed E-state index contributed by atoms with van der Waals surface area (Å²) in [7, 11) is 0. The number of rotatable bonds is 8. The van der Waals surface area contributed by atoms with Crippen LogP contribution in [0.25, 0.3) is 0 Å². The maximum atomic E-state index is 12.3. The molecule has 0 fully saturated rings. The Labute approximate surface area is 185 Å². The van der Waals surface area contributed by atoms with Gasteiger partial charge in [0.1, 0.15) is 5.75 Å². The number of carbonyl (C=O) groups is 3. The lowest BCUT2D eigenvalue weighted by atomic mass is 10.1. The van der Waals surface area contributed by atoms with Crippen molar-refractivity contribution < 1.29 is 24.2 Å². The Morgan fingerprint density at radius 3 is 2.09 bits per heavy atom. The first-order valence-electron chi connectivity index (χ1n) is 9.86. The number of nitrogens with one attached hydrogen (secondary N) is 3. The van der Waals surface area contributed by atoms with Gasteiger partial charge in [-0.25, -0.2) is 9.59 Å². The summed E-state index contributed by atoms with van der Waals surface area (Å²) in [6.07, 6.45) is 0.160. The number of ether oxygens (including phenoxy) is 1. The van der Waals surface area contributed by atoms with Gasteiger partial charge in [0, 0.05) is 17.1 Å². The molecule has 0 atom stereocenters. The summed E-state index contributed by atoms with van der Waals surface area (Å²) in [6.45, 7) is 1.49. The van der Waals surface area contributed by atoms with Crippen LogP contribution in [0, 0.1) is 6.92 Å². The Bertz CT molecular complexity index is 1100. The van der Waals surface area contributed by atoms with E-state index in [9.17, 15) is 14.4 Å². The van der Waals surface area contributed by atoms with Gasteiger partial charge in [0.05, 0.1) is 6.42 Å².